The van der Waals surface area contributed by atoms with Gasteiger partial charge in [0.1, 0.15) is 4.34 Å². The molecule has 13 heavy (non-hydrogen) atoms. The topological polar surface area (TPSA) is 0 Å². The Hall–Kier alpha value is -0.180. The SMILES string of the molecule is CCc1cccc2c(S)c(Cl)sc12. The van der Waals surface area contributed by atoms with Crippen LogP contribution in [0.4, 0.5) is 0 Å². The zero-order valence-corrected chi connectivity index (χ0v) is 9.64. The van der Waals surface area contributed by atoms with E-state index in [4.69, 9.17) is 11.6 Å². The fourth-order valence-corrected chi connectivity index (χ4v) is 3.16. The number of fused-ring (bicyclic) bond motifs is 1. The van der Waals surface area contributed by atoms with Gasteiger partial charge in [-0.2, -0.15) is 0 Å². The standard InChI is InChI=1S/C10H9ClS2/c1-2-6-4-3-5-7-8(12)10(11)13-9(6)7/h3-5,12H,2H2,1H3. The lowest BCUT2D eigenvalue weighted by molar-refractivity contribution is 1.16. The number of hydrogen-bond acceptors (Lipinski definition) is 2. The Bertz CT molecular complexity index is 445. The zero-order chi connectivity index (χ0) is 9.42. The van der Waals surface area contributed by atoms with E-state index in [1.54, 1.807) is 11.3 Å². The lowest BCUT2D eigenvalue weighted by Gasteiger charge is -1.97. The first-order valence-electron chi connectivity index (χ1n) is 4.13. The van der Waals surface area contributed by atoms with Gasteiger partial charge in [0.05, 0.1) is 0 Å². The number of aryl methyl sites for hydroxylation is 1. The van der Waals surface area contributed by atoms with E-state index < -0.39 is 0 Å². The predicted octanol–water partition coefficient (Wildman–Crippen LogP) is 4.41. The molecule has 0 saturated heterocycles. The maximum absolute atomic E-state index is 6.02. The third-order valence-electron chi connectivity index (χ3n) is 2.11. The lowest BCUT2D eigenvalue weighted by atomic mass is 10.1. The van der Waals surface area contributed by atoms with Crippen LogP contribution in [0.3, 0.4) is 0 Å². The van der Waals surface area contributed by atoms with Crippen molar-refractivity contribution in [1.29, 1.82) is 0 Å². The summed E-state index contributed by atoms with van der Waals surface area (Å²) >= 11 is 12.0. The summed E-state index contributed by atoms with van der Waals surface area (Å²) in [4.78, 5) is 0.914. The Morgan fingerprint density at radius 2 is 2.23 bits per heavy atom. The molecule has 0 nitrogen and oxygen atoms in total. The summed E-state index contributed by atoms with van der Waals surface area (Å²) in [6.07, 6.45) is 1.04. The fourth-order valence-electron chi connectivity index (χ4n) is 1.41. The molecule has 0 N–H and O–H groups in total. The second kappa shape index (κ2) is 3.52. The molecule has 0 unspecified atom stereocenters. The molecule has 1 heterocycles. The quantitative estimate of drug-likeness (QED) is 0.687. The average Bonchev–Trinajstić information content (AvgIpc) is 2.43. The van der Waals surface area contributed by atoms with Crippen LogP contribution >= 0.6 is 35.6 Å². The van der Waals surface area contributed by atoms with Crippen LogP contribution in [0.2, 0.25) is 4.34 Å². The van der Waals surface area contributed by atoms with Crippen LogP contribution < -0.4 is 0 Å². The van der Waals surface area contributed by atoms with E-state index in [1.165, 1.54) is 15.6 Å². The molecule has 0 aliphatic heterocycles. The smallest absolute Gasteiger partial charge is 0.107 e. The highest BCUT2D eigenvalue weighted by atomic mass is 35.5. The third kappa shape index (κ3) is 1.47. The summed E-state index contributed by atoms with van der Waals surface area (Å²) in [7, 11) is 0. The van der Waals surface area contributed by atoms with Gasteiger partial charge in [-0.1, -0.05) is 36.7 Å². The molecule has 1 aromatic carbocycles. The molecule has 0 amide bonds. The van der Waals surface area contributed by atoms with Gasteiger partial charge in [-0.25, -0.2) is 0 Å². The Morgan fingerprint density at radius 3 is 2.92 bits per heavy atom. The van der Waals surface area contributed by atoms with E-state index >= 15 is 0 Å². The second-order valence-electron chi connectivity index (χ2n) is 2.87. The van der Waals surface area contributed by atoms with Gasteiger partial charge in [0, 0.05) is 15.0 Å². The predicted molar refractivity (Wildman–Crippen MR) is 63.5 cm³/mol. The molecule has 0 saturated carbocycles. The highest BCUT2D eigenvalue weighted by Crippen LogP contribution is 2.39. The van der Waals surface area contributed by atoms with Crippen molar-refractivity contribution in [2.75, 3.05) is 0 Å². The molecule has 0 atom stereocenters. The number of rotatable bonds is 1. The molecule has 3 heteroatoms. The van der Waals surface area contributed by atoms with Crippen molar-refractivity contribution in [3.63, 3.8) is 0 Å². The minimum absolute atomic E-state index is 0.791. The molecular weight excluding hydrogens is 220 g/mol. The Morgan fingerprint density at radius 1 is 1.46 bits per heavy atom. The first-order valence-corrected chi connectivity index (χ1v) is 5.77. The summed E-state index contributed by atoms with van der Waals surface area (Å²) in [6, 6.07) is 6.27. The van der Waals surface area contributed by atoms with Crippen LogP contribution in [0.1, 0.15) is 12.5 Å². The molecule has 0 spiro atoms. The molecule has 1 aromatic heterocycles. The second-order valence-corrected chi connectivity index (χ2v) is 4.94. The van der Waals surface area contributed by atoms with E-state index in [2.05, 4.69) is 37.8 Å². The number of thiol groups is 1. The van der Waals surface area contributed by atoms with E-state index in [0.717, 1.165) is 15.7 Å². The normalized spacial score (nSPS) is 11.0. The van der Waals surface area contributed by atoms with Gasteiger partial charge < -0.3 is 0 Å². The number of halogens is 1. The average molecular weight is 229 g/mol. The van der Waals surface area contributed by atoms with E-state index in [1.807, 2.05) is 0 Å². The Labute approximate surface area is 91.9 Å². The van der Waals surface area contributed by atoms with Crippen LogP contribution in [0, 0.1) is 0 Å². The summed E-state index contributed by atoms with van der Waals surface area (Å²) in [5, 5.41) is 1.18. The minimum Gasteiger partial charge on any atom is -0.140 e. The highest BCUT2D eigenvalue weighted by Gasteiger charge is 2.08. The van der Waals surface area contributed by atoms with E-state index in [0.29, 0.717) is 0 Å². The van der Waals surface area contributed by atoms with Gasteiger partial charge in [-0.15, -0.1) is 24.0 Å². The van der Waals surface area contributed by atoms with Crippen LogP contribution in [0.25, 0.3) is 10.1 Å². The molecule has 0 fully saturated rings. The number of thiophene rings is 1. The molecular formula is C10H9ClS2. The van der Waals surface area contributed by atoms with Gasteiger partial charge >= 0.3 is 0 Å². The van der Waals surface area contributed by atoms with Crippen LogP contribution in [0.5, 0.6) is 0 Å². The molecule has 2 rings (SSSR count). The fraction of sp³-hybridized carbons (Fsp3) is 0.200. The maximum Gasteiger partial charge on any atom is 0.107 e. The minimum atomic E-state index is 0.791. The molecule has 2 aromatic rings. The summed E-state index contributed by atoms with van der Waals surface area (Å²) in [6.45, 7) is 2.15. The summed E-state index contributed by atoms with van der Waals surface area (Å²) in [5.74, 6) is 0. The first kappa shape index (κ1) is 9.38. The lowest BCUT2D eigenvalue weighted by Crippen LogP contribution is -1.77. The van der Waals surface area contributed by atoms with Crippen molar-refractivity contribution in [2.24, 2.45) is 0 Å². The largest absolute Gasteiger partial charge is 0.140 e. The zero-order valence-electron chi connectivity index (χ0n) is 7.17. The van der Waals surface area contributed by atoms with Gasteiger partial charge in [-0.05, 0) is 12.0 Å². The first-order chi connectivity index (χ1) is 6.24. The van der Waals surface area contributed by atoms with Crippen molar-refractivity contribution < 1.29 is 0 Å². The molecule has 0 bridgehead atoms. The summed E-state index contributed by atoms with van der Waals surface area (Å²) < 4.78 is 2.07. The maximum atomic E-state index is 6.02. The Kier molecular flexibility index (Phi) is 2.54. The van der Waals surface area contributed by atoms with Crippen molar-refractivity contribution in [1.82, 2.24) is 0 Å². The Balaban J connectivity index is 2.84. The summed E-state index contributed by atoms with van der Waals surface area (Å²) in [5.41, 5.74) is 1.35. The molecule has 0 aliphatic carbocycles. The van der Waals surface area contributed by atoms with Crippen molar-refractivity contribution >= 4 is 45.7 Å². The van der Waals surface area contributed by atoms with Crippen molar-refractivity contribution in [3.05, 3.63) is 28.1 Å². The van der Waals surface area contributed by atoms with Gasteiger partial charge in [0.2, 0.25) is 0 Å². The third-order valence-corrected chi connectivity index (χ3v) is 4.35. The van der Waals surface area contributed by atoms with E-state index in [-0.39, 0.29) is 0 Å². The molecule has 0 aliphatic rings. The van der Waals surface area contributed by atoms with Gasteiger partial charge in [0.15, 0.2) is 0 Å². The van der Waals surface area contributed by atoms with E-state index in [9.17, 15) is 0 Å². The number of hydrogen-bond donors (Lipinski definition) is 1. The van der Waals surface area contributed by atoms with Gasteiger partial charge in [0.25, 0.3) is 0 Å². The monoisotopic (exact) mass is 228 g/mol. The van der Waals surface area contributed by atoms with Crippen molar-refractivity contribution in [2.45, 2.75) is 18.2 Å². The van der Waals surface area contributed by atoms with Crippen LogP contribution in [0.15, 0.2) is 23.1 Å². The van der Waals surface area contributed by atoms with Gasteiger partial charge in [-0.3, -0.25) is 0 Å². The highest BCUT2D eigenvalue weighted by molar-refractivity contribution is 7.81. The molecule has 68 valence electrons. The van der Waals surface area contributed by atoms with Crippen molar-refractivity contribution in [3.8, 4) is 0 Å². The molecule has 0 radical (unpaired) electrons. The van der Waals surface area contributed by atoms with Crippen LogP contribution in [-0.2, 0) is 6.42 Å². The van der Waals surface area contributed by atoms with Crippen LogP contribution in [-0.4, -0.2) is 0 Å². The number of benzene rings is 1.